The zero-order valence-electron chi connectivity index (χ0n) is 10.2. The third-order valence-electron chi connectivity index (χ3n) is 2.38. The van der Waals surface area contributed by atoms with Crippen molar-refractivity contribution in [3.63, 3.8) is 0 Å². The fourth-order valence-corrected chi connectivity index (χ4v) is 1.61. The molecule has 0 saturated heterocycles. The van der Waals surface area contributed by atoms with E-state index in [4.69, 9.17) is 5.11 Å². The van der Waals surface area contributed by atoms with Crippen LogP contribution in [0.4, 0.5) is 0 Å². The maximum Gasteiger partial charge on any atom is 0.328 e. The van der Waals surface area contributed by atoms with Crippen molar-refractivity contribution in [2.24, 2.45) is 0 Å². The van der Waals surface area contributed by atoms with Gasteiger partial charge in [0.25, 0.3) is 0 Å². The highest BCUT2D eigenvalue weighted by atomic mass is 16.4. The van der Waals surface area contributed by atoms with Gasteiger partial charge in [-0.1, -0.05) is 0 Å². The largest absolute Gasteiger partial charge is 0.478 e. The number of carboxylic acid groups (broad SMARTS) is 1. The van der Waals surface area contributed by atoms with E-state index in [2.05, 4.69) is 4.98 Å². The Bertz CT molecular complexity index is 458. The average molecular weight is 236 g/mol. The quantitative estimate of drug-likeness (QED) is 0.790. The molecule has 0 aliphatic carbocycles. The van der Waals surface area contributed by atoms with Gasteiger partial charge in [-0.05, 0) is 26.8 Å². The van der Waals surface area contributed by atoms with Gasteiger partial charge in [0.15, 0.2) is 0 Å². The van der Waals surface area contributed by atoms with Crippen LogP contribution >= 0.6 is 0 Å². The molecule has 92 valence electrons. The van der Waals surface area contributed by atoms with Crippen molar-refractivity contribution in [2.45, 2.75) is 32.7 Å². The number of Topliss-reactive ketones (excluding diaryl/α,β-unsaturated/α-hetero) is 1. The number of carbonyl (C=O) groups is 2. The van der Waals surface area contributed by atoms with Crippen molar-refractivity contribution >= 4 is 17.8 Å². The monoisotopic (exact) mass is 236 g/mol. The normalized spacial score (nSPS) is 11.9. The Morgan fingerprint density at radius 3 is 2.71 bits per heavy atom. The minimum absolute atomic E-state index is 0.103. The van der Waals surface area contributed by atoms with Crippen LogP contribution in [-0.2, 0) is 15.1 Å². The first-order valence-corrected chi connectivity index (χ1v) is 5.26. The first-order valence-electron chi connectivity index (χ1n) is 5.26. The molecule has 0 fully saturated rings. The number of aliphatic carboxylic acids is 1. The van der Waals surface area contributed by atoms with Crippen molar-refractivity contribution < 1.29 is 14.7 Å². The van der Waals surface area contributed by atoms with E-state index in [0.29, 0.717) is 12.1 Å². The van der Waals surface area contributed by atoms with Crippen LogP contribution in [0.25, 0.3) is 6.08 Å². The average Bonchev–Trinajstić information content (AvgIpc) is 2.61. The summed E-state index contributed by atoms with van der Waals surface area (Å²) < 4.78 is 1.82. The third-order valence-corrected chi connectivity index (χ3v) is 2.38. The molecular formula is C12H16N2O3. The Morgan fingerprint density at radius 1 is 1.53 bits per heavy atom. The molecule has 1 aromatic rings. The lowest BCUT2D eigenvalue weighted by Crippen LogP contribution is -2.27. The predicted molar refractivity (Wildman–Crippen MR) is 63.5 cm³/mol. The van der Waals surface area contributed by atoms with Crippen molar-refractivity contribution in [3.05, 3.63) is 24.3 Å². The first kappa shape index (κ1) is 13.2. The predicted octanol–water partition coefficient (Wildman–Crippen LogP) is 1.70. The summed E-state index contributed by atoms with van der Waals surface area (Å²) in [6.07, 6.45) is 6.19. The van der Waals surface area contributed by atoms with E-state index in [-0.39, 0.29) is 11.3 Å². The van der Waals surface area contributed by atoms with Gasteiger partial charge in [0.1, 0.15) is 5.78 Å². The number of carbonyl (C=O) groups excluding carboxylic acids is 1. The molecule has 1 heterocycles. The number of hydrogen-bond acceptors (Lipinski definition) is 3. The van der Waals surface area contributed by atoms with Crippen LogP contribution in [0.2, 0.25) is 0 Å². The Balaban J connectivity index is 2.87. The zero-order chi connectivity index (χ0) is 13.1. The molecule has 0 bridgehead atoms. The number of carboxylic acids is 1. The number of nitrogens with zero attached hydrogens (tertiary/aromatic N) is 2. The number of aromatic nitrogens is 2. The summed E-state index contributed by atoms with van der Waals surface area (Å²) in [5.41, 5.74) is 0.206. The first-order chi connectivity index (χ1) is 7.81. The van der Waals surface area contributed by atoms with E-state index in [1.54, 1.807) is 19.4 Å². The Hall–Kier alpha value is -1.91. The van der Waals surface area contributed by atoms with Crippen LogP contribution in [0.5, 0.6) is 0 Å². The molecule has 1 aromatic heterocycles. The minimum atomic E-state index is -1.01. The summed E-state index contributed by atoms with van der Waals surface area (Å²) in [7, 11) is 0. The van der Waals surface area contributed by atoms with Gasteiger partial charge < -0.3 is 9.67 Å². The Kier molecular flexibility index (Phi) is 3.83. The number of ketones is 1. The van der Waals surface area contributed by atoms with E-state index in [1.807, 2.05) is 18.4 Å². The van der Waals surface area contributed by atoms with Gasteiger partial charge in [-0.25, -0.2) is 9.78 Å². The van der Waals surface area contributed by atoms with Crippen molar-refractivity contribution in [2.75, 3.05) is 0 Å². The number of imidazole rings is 1. The fourth-order valence-electron chi connectivity index (χ4n) is 1.61. The van der Waals surface area contributed by atoms with Crippen LogP contribution in [0.3, 0.4) is 0 Å². The summed E-state index contributed by atoms with van der Waals surface area (Å²) in [5, 5.41) is 8.49. The van der Waals surface area contributed by atoms with Crippen LogP contribution in [-0.4, -0.2) is 26.4 Å². The van der Waals surface area contributed by atoms with Gasteiger partial charge in [-0.15, -0.1) is 0 Å². The standard InChI is InChI=1S/C12H16N2O3/c1-9(15)6-12(2,3)14-7-10(13-8-14)4-5-11(16)17/h4-5,7-8H,6H2,1-3H3,(H,16,17). The van der Waals surface area contributed by atoms with Gasteiger partial charge in [0.2, 0.25) is 0 Å². The highest BCUT2D eigenvalue weighted by molar-refractivity contribution is 5.84. The van der Waals surface area contributed by atoms with Crippen LogP contribution < -0.4 is 0 Å². The molecular weight excluding hydrogens is 220 g/mol. The highest BCUT2D eigenvalue weighted by Gasteiger charge is 2.21. The highest BCUT2D eigenvalue weighted by Crippen LogP contribution is 2.20. The van der Waals surface area contributed by atoms with Crippen molar-refractivity contribution in [1.29, 1.82) is 0 Å². The number of rotatable bonds is 5. The molecule has 0 radical (unpaired) electrons. The summed E-state index contributed by atoms with van der Waals surface area (Å²) in [6.45, 7) is 5.41. The Morgan fingerprint density at radius 2 is 2.18 bits per heavy atom. The van der Waals surface area contributed by atoms with E-state index in [9.17, 15) is 9.59 Å². The molecule has 0 atom stereocenters. The van der Waals surface area contributed by atoms with E-state index in [0.717, 1.165) is 6.08 Å². The minimum Gasteiger partial charge on any atom is -0.478 e. The van der Waals surface area contributed by atoms with E-state index >= 15 is 0 Å². The molecule has 0 spiro atoms. The van der Waals surface area contributed by atoms with E-state index in [1.165, 1.54) is 6.08 Å². The lowest BCUT2D eigenvalue weighted by atomic mass is 9.98. The molecule has 0 unspecified atom stereocenters. The van der Waals surface area contributed by atoms with Crippen molar-refractivity contribution in [1.82, 2.24) is 9.55 Å². The van der Waals surface area contributed by atoms with Gasteiger partial charge in [-0.2, -0.15) is 0 Å². The van der Waals surface area contributed by atoms with Gasteiger partial charge in [0, 0.05) is 24.2 Å². The second-order valence-corrected chi connectivity index (χ2v) is 4.57. The van der Waals surface area contributed by atoms with Crippen LogP contribution in [0.15, 0.2) is 18.6 Å². The smallest absolute Gasteiger partial charge is 0.328 e. The molecule has 0 amide bonds. The van der Waals surface area contributed by atoms with Gasteiger partial charge >= 0.3 is 5.97 Å². The SMILES string of the molecule is CC(=O)CC(C)(C)n1cnc(C=CC(=O)O)c1. The lowest BCUT2D eigenvalue weighted by molar-refractivity contribution is -0.131. The summed E-state index contributed by atoms with van der Waals surface area (Å²) in [5.74, 6) is -0.908. The molecule has 1 N–H and O–H groups in total. The van der Waals surface area contributed by atoms with Crippen LogP contribution in [0.1, 0.15) is 32.9 Å². The molecule has 1 rings (SSSR count). The van der Waals surface area contributed by atoms with E-state index < -0.39 is 5.97 Å². The molecule has 0 aliphatic rings. The zero-order valence-corrected chi connectivity index (χ0v) is 10.2. The lowest BCUT2D eigenvalue weighted by Gasteiger charge is -2.24. The van der Waals surface area contributed by atoms with Crippen LogP contribution in [0, 0.1) is 0 Å². The summed E-state index contributed by atoms with van der Waals surface area (Å²) >= 11 is 0. The summed E-state index contributed by atoms with van der Waals surface area (Å²) in [4.78, 5) is 25.5. The second-order valence-electron chi connectivity index (χ2n) is 4.57. The molecule has 0 aliphatic heterocycles. The summed E-state index contributed by atoms with van der Waals surface area (Å²) in [6, 6.07) is 0. The van der Waals surface area contributed by atoms with Gasteiger partial charge in [0.05, 0.1) is 12.0 Å². The molecule has 5 nitrogen and oxygen atoms in total. The maximum atomic E-state index is 11.1. The molecule has 0 aromatic carbocycles. The molecule has 17 heavy (non-hydrogen) atoms. The topological polar surface area (TPSA) is 72.2 Å². The molecule has 5 heteroatoms. The third kappa shape index (κ3) is 3.86. The second kappa shape index (κ2) is 4.95. The van der Waals surface area contributed by atoms with Gasteiger partial charge in [-0.3, -0.25) is 4.79 Å². The molecule has 0 saturated carbocycles. The maximum absolute atomic E-state index is 11.1. The fraction of sp³-hybridized carbons (Fsp3) is 0.417. The van der Waals surface area contributed by atoms with Crippen molar-refractivity contribution in [3.8, 4) is 0 Å². The Labute approximate surface area is 99.8 Å². The number of hydrogen-bond donors (Lipinski definition) is 1.